The Labute approximate surface area is 60.4 Å². The number of nitrogens with zero attached hydrogens (tertiary/aromatic N) is 4. The molecule has 4 nitrogen and oxygen atoms in total. The molecule has 2 rings (SSSR count). The summed E-state index contributed by atoms with van der Waals surface area (Å²) in [5.74, 6) is 0. The smallest absolute Gasteiger partial charge is 0.199 e. The van der Waals surface area contributed by atoms with Crippen LogP contribution in [0.25, 0.3) is 11.2 Å². The molecule has 0 N–H and O–H groups in total. The summed E-state index contributed by atoms with van der Waals surface area (Å²) < 4.78 is 1.66. The van der Waals surface area contributed by atoms with Gasteiger partial charge in [-0.25, -0.2) is 15.0 Å². The molecule has 0 aliphatic heterocycles. The standard InChI is InChI=1S/C5H3N4Si/c10-9-3-8-4-1-6-2-7-5(4)9/h1-3H. The van der Waals surface area contributed by atoms with Crippen molar-refractivity contribution in [1.29, 1.82) is 0 Å². The van der Waals surface area contributed by atoms with Gasteiger partial charge in [-0.3, -0.25) is 0 Å². The van der Waals surface area contributed by atoms with Gasteiger partial charge in [0.2, 0.25) is 0 Å². The van der Waals surface area contributed by atoms with Crippen molar-refractivity contribution in [3.63, 3.8) is 0 Å². The van der Waals surface area contributed by atoms with Crippen LogP contribution in [-0.4, -0.2) is 29.6 Å². The van der Waals surface area contributed by atoms with Gasteiger partial charge in [-0.05, 0) is 0 Å². The summed E-state index contributed by atoms with van der Waals surface area (Å²) in [7, 11) is 3.28. The van der Waals surface area contributed by atoms with E-state index in [1.54, 1.807) is 16.8 Å². The Morgan fingerprint density at radius 2 is 2.30 bits per heavy atom. The lowest BCUT2D eigenvalue weighted by Crippen LogP contribution is -1.89. The molecular formula is C5H3N4Si. The largest absolute Gasteiger partial charge is 0.345 e. The average molecular weight is 147 g/mol. The van der Waals surface area contributed by atoms with E-state index in [2.05, 4.69) is 25.4 Å². The zero-order valence-electron chi connectivity index (χ0n) is 5.02. The maximum atomic E-state index is 4.01. The Bertz CT molecular complexity index is 355. The van der Waals surface area contributed by atoms with Gasteiger partial charge in [0.25, 0.3) is 0 Å². The van der Waals surface area contributed by atoms with Crippen molar-refractivity contribution in [1.82, 2.24) is 19.2 Å². The van der Waals surface area contributed by atoms with Crippen LogP contribution in [-0.2, 0) is 0 Å². The van der Waals surface area contributed by atoms with Gasteiger partial charge in [0.05, 0.1) is 12.5 Å². The highest BCUT2D eigenvalue weighted by Crippen LogP contribution is 2.02. The molecule has 0 bridgehead atoms. The number of aromatic nitrogens is 4. The van der Waals surface area contributed by atoms with Crippen LogP contribution in [0, 0.1) is 0 Å². The number of hydrogen-bond acceptors (Lipinski definition) is 3. The Kier molecular flexibility index (Phi) is 1.04. The minimum atomic E-state index is 0.784. The molecule has 2 heterocycles. The molecule has 0 unspecified atom stereocenters. The van der Waals surface area contributed by atoms with Crippen LogP contribution in [0.2, 0.25) is 0 Å². The maximum absolute atomic E-state index is 4.01. The van der Waals surface area contributed by atoms with Crippen LogP contribution in [0.1, 0.15) is 0 Å². The molecule has 0 amide bonds. The summed E-state index contributed by atoms with van der Waals surface area (Å²) >= 11 is 0. The molecule has 0 saturated carbocycles. The molecule has 0 saturated heterocycles. The first-order valence-corrected chi connectivity index (χ1v) is 3.17. The second kappa shape index (κ2) is 1.88. The first-order valence-electron chi connectivity index (χ1n) is 2.72. The molecule has 5 heteroatoms. The molecule has 0 aliphatic rings. The first-order chi connectivity index (χ1) is 4.88. The fourth-order valence-electron chi connectivity index (χ4n) is 0.767. The molecule has 10 heavy (non-hydrogen) atoms. The Morgan fingerprint density at radius 1 is 1.40 bits per heavy atom. The second-order valence-corrected chi connectivity index (χ2v) is 2.33. The molecule has 2 aromatic rings. The zero-order chi connectivity index (χ0) is 6.97. The van der Waals surface area contributed by atoms with Crippen molar-refractivity contribution in [2.75, 3.05) is 0 Å². The lowest BCUT2D eigenvalue weighted by Gasteiger charge is -1.88. The zero-order valence-corrected chi connectivity index (χ0v) is 6.02. The minimum Gasteiger partial charge on any atom is -0.345 e. The molecule has 2 aromatic heterocycles. The van der Waals surface area contributed by atoms with Crippen LogP contribution >= 0.6 is 0 Å². The van der Waals surface area contributed by atoms with Crippen LogP contribution in [0.3, 0.4) is 0 Å². The highest BCUT2D eigenvalue weighted by Gasteiger charge is 1.96. The van der Waals surface area contributed by atoms with Crippen LogP contribution < -0.4 is 0 Å². The summed E-state index contributed by atoms with van der Waals surface area (Å²) in [5.41, 5.74) is 1.57. The first kappa shape index (κ1) is 5.54. The van der Waals surface area contributed by atoms with E-state index >= 15 is 0 Å². The van der Waals surface area contributed by atoms with Crippen molar-refractivity contribution >= 4 is 21.6 Å². The van der Waals surface area contributed by atoms with E-state index in [0.29, 0.717) is 0 Å². The fraction of sp³-hybridized carbons (Fsp3) is 0. The van der Waals surface area contributed by atoms with E-state index in [1.165, 1.54) is 6.33 Å². The van der Waals surface area contributed by atoms with Gasteiger partial charge in [-0.1, -0.05) is 0 Å². The van der Waals surface area contributed by atoms with Gasteiger partial charge in [-0.15, -0.1) is 0 Å². The van der Waals surface area contributed by atoms with Crippen LogP contribution in [0.5, 0.6) is 0 Å². The monoisotopic (exact) mass is 147 g/mol. The number of rotatable bonds is 0. The summed E-state index contributed by atoms with van der Waals surface area (Å²) in [6.45, 7) is 0. The van der Waals surface area contributed by atoms with Gasteiger partial charge in [-0.2, -0.15) is 0 Å². The van der Waals surface area contributed by atoms with Gasteiger partial charge in [0.1, 0.15) is 11.8 Å². The number of fused-ring (bicyclic) bond motifs is 1. The third-order valence-electron chi connectivity index (χ3n) is 1.21. The summed E-state index contributed by atoms with van der Waals surface area (Å²) in [6.07, 6.45) is 4.79. The molecule has 47 valence electrons. The van der Waals surface area contributed by atoms with Crippen LogP contribution in [0.4, 0.5) is 0 Å². The molecular weight excluding hydrogens is 144 g/mol. The summed E-state index contributed by atoms with van der Waals surface area (Å²) in [5, 5.41) is 0. The molecule has 0 fully saturated rings. The molecule has 0 spiro atoms. The maximum Gasteiger partial charge on any atom is 0.199 e. The predicted octanol–water partition coefficient (Wildman–Crippen LogP) is -0.242. The number of hydrogen-bond donors (Lipinski definition) is 0. The van der Waals surface area contributed by atoms with E-state index in [-0.39, 0.29) is 0 Å². The van der Waals surface area contributed by atoms with Gasteiger partial charge in [0, 0.05) is 0 Å². The van der Waals surface area contributed by atoms with Crippen molar-refractivity contribution in [2.45, 2.75) is 0 Å². The van der Waals surface area contributed by atoms with Crippen molar-refractivity contribution < 1.29 is 0 Å². The lowest BCUT2D eigenvalue weighted by molar-refractivity contribution is 1.17. The third kappa shape index (κ3) is 0.639. The normalized spacial score (nSPS) is 10.5. The molecule has 3 radical (unpaired) electrons. The fourth-order valence-corrected chi connectivity index (χ4v) is 0.997. The van der Waals surface area contributed by atoms with Crippen molar-refractivity contribution in [3.8, 4) is 0 Å². The van der Waals surface area contributed by atoms with Gasteiger partial charge < -0.3 is 4.23 Å². The topological polar surface area (TPSA) is 43.6 Å². The summed E-state index contributed by atoms with van der Waals surface area (Å²) in [4.78, 5) is 11.8. The molecule has 0 aliphatic carbocycles. The average Bonchev–Trinajstić information content (AvgIpc) is 2.34. The van der Waals surface area contributed by atoms with Gasteiger partial charge >= 0.3 is 0 Å². The van der Waals surface area contributed by atoms with Gasteiger partial charge in [0.15, 0.2) is 16.1 Å². The quantitative estimate of drug-likeness (QED) is 0.483. The molecule has 0 atom stereocenters. The molecule has 0 aromatic carbocycles. The summed E-state index contributed by atoms with van der Waals surface area (Å²) in [6, 6.07) is 0. The number of imidazole rings is 1. The minimum absolute atomic E-state index is 0.784. The van der Waals surface area contributed by atoms with Crippen LogP contribution in [0.15, 0.2) is 18.9 Å². The SMILES string of the molecule is [Si]n1cnc2cncnc21. The second-order valence-electron chi connectivity index (χ2n) is 1.85. The van der Waals surface area contributed by atoms with Crippen molar-refractivity contribution in [3.05, 3.63) is 18.9 Å². The predicted molar refractivity (Wildman–Crippen MR) is 36.5 cm³/mol. The van der Waals surface area contributed by atoms with E-state index in [0.717, 1.165) is 11.2 Å². The highest BCUT2D eigenvalue weighted by molar-refractivity contribution is 6.10. The lowest BCUT2D eigenvalue weighted by atomic mass is 10.6. The van der Waals surface area contributed by atoms with E-state index in [4.69, 9.17) is 0 Å². The Balaban J connectivity index is 2.93. The van der Waals surface area contributed by atoms with E-state index in [1.807, 2.05) is 0 Å². The van der Waals surface area contributed by atoms with Crippen molar-refractivity contribution in [2.24, 2.45) is 0 Å². The van der Waals surface area contributed by atoms with E-state index < -0.39 is 0 Å². The Morgan fingerprint density at radius 3 is 3.10 bits per heavy atom. The third-order valence-corrected chi connectivity index (χ3v) is 1.54. The highest BCUT2D eigenvalue weighted by atomic mass is 28.2. The van der Waals surface area contributed by atoms with E-state index in [9.17, 15) is 0 Å². The Hall–Kier alpha value is -1.23.